The summed E-state index contributed by atoms with van der Waals surface area (Å²) in [6.45, 7) is 5.07. The predicted octanol–water partition coefficient (Wildman–Crippen LogP) is 2.50. The molecular weight excluding hydrogens is 278 g/mol. The molecule has 0 amide bonds. The van der Waals surface area contributed by atoms with Crippen LogP contribution < -0.4 is 5.73 Å². The monoisotopic (exact) mass is 312 g/mol. The standard InChI is InChI=1S/C18H33NO3/c1-3-11-21-17-10-6-9-15(19)16(20)12-13(2)18(17)22-14-7-4-5-8-14/h13-15,17-18H,3-12,19H2,1-2H3/p+1/t13-,15+,17+,18+/m1/s1. The lowest BCUT2D eigenvalue weighted by atomic mass is 9.92. The van der Waals surface area contributed by atoms with E-state index in [0.29, 0.717) is 18.3 Å². The summed E-state index contributed by atoms with van der Waals surface area (Å²) in [4.78, 5) is 12.3. The Labute approximate surface area is 135 Å². The largest absolute Gasteiger partial charge is 0.376 e. The number of rotatable bonds is 5. The lowest BCUT2D eigenvalue weighted by Gasteiger charge is -2.33. The third kappa shape index (κ3) is 5.04. The minimum Gasteiger partial charge on any atom is -0.376 e. The van der Waals surface area contributed by atoms with Crippen LogP contribution >= 0.6 is 0 Å². The molecule has 0 bridgehead atoms. The number of carbonyl (C=O) groups excluding carboxylic acids is 1. The second-order valence-corrected chi connectivity index (χ2v) is 7.19. The zero-order chi connectivity index (χ0) is 15.9. The number of carbonyl (C=O) groups is 1. The van der Waals surface area contributed by atoms with Gasteiger partial charge in [-0.15, -0.1) is 0 Å². The smallest absolute Gasteiger partial charge is 0.190 e. The molecule has 0 radical (unpaired) electrons. The van der Waals surface area contributed by atoms with Crippen LogP contribution in [0.15, 0.2) is 0 Å². The van der Waals surface area contributed by atoms with Crippen LogP contribution in [0.25, 0.3) is 0 Å². The molecule has 4 atom stereocenters. The number of hydrogen-bond donors (Lipinski definition) is 1. The molecule has 0 spiro atoms. The van der Waals surface area contributed by atoms with Crippen molar-refractivity contribution in [2.45, 2.75) is 96.0 Å². The number of Topliss-reactive ketones (excluding diaryl/α,β-unsaturated/α-hetero) is 1. The average molecular weight is 312 g/mol. The third-order valence-electron chi connectivity index (χ3n) is 5.13. The Morgan fingerprint density at radius 2 is 1.86 bits per heavy atom. The first-order valence-corrected chi connectivity index (χ1v) is 9.24. The van der Waals surface area contributed by atoms with Gasteiger partial charge >= 0.3 is 0 Å². The molecule has 3 N–H and O–H groups in total. The van der Waals surface area contributed by atoms with Crippen LogP contribution in [0.5, 0.6) is 0 Å². The zero-order valence-corrected chi connectivity index (χ0v) is 14.4. The number of ether oxygens (including phenoxy) is 2. The molecule has 0 heterocycles. The molecule has 2 saturated carbocycles. The summed E-state index contributed by atoms with van der Waals surface area (Å²) < 4.78 is 12.6. The van der Waals surface area contributed by atoms with Gasteiger partial charge in [-0.25, -0.2) is 0 Å². The van der Waals surface area contributed by atoms with E-state index in [2.05, 4.69) is 19.6 Å². The Kier molecular flexibility index (Phi) is 7.32. The molecule has 0 aromatic carbocycles. The minimum absolute atomic E-state index is 0.0560. The normalized spacial score (nSPS) is 35.1. The average Bonchev–Trinajstić information content (AvgIpc) is 3.01. The van der Waals surface area contributed by atoms with E-state index in [9.17, 15) is 4.79 Å². The molecule has 0 aromatic heterocycles. The summed E-state index contributed by atoms with van der Waals surface area (Å²) >= 11 is 0. The van der Waals surface area contributed by atoms with Crippen molar-refractivity contribution < 1.29 is 20.0 Å². The molecule has 0 saturated heterocycles. The van der Waals surface area contributed by atoms with Gasteiger partial charge in [0.1, 0.15) is 6.04 Å². The Balaban J connectivity index is 2.07. The second-order valence-electron chi connectivity index (χ2n) is 7.19. The van der Waals surface area contributed by atoms with Crippen molar-refractivity contribution in [3.63, 3.8) is 0 Å². The van der Waals surface area contributed by atoms with Gasteiger partial charge in [0.25, 0.3) is 0 Å². The van der Waals surface area contributed by atoms with E-state index in [1.807, 2.05) is 0 Å². The van der Waals surface area contributed by atoms with Gasteiger partial charge in [0.15, 0.2) is 5.78 Å². The van der Waals surface area contributed by atoms with E-state index in [4.69, 9.17) is 9.47 Å². The summed E-state index contributed by atoms with van der Waals surface area (Å²) in [5.41, 5.74) is 4.04. The second kappa shape index (κ2) is 8.99. The molecule has 128 valence electrons. The zero-order valence-electron chi connectivity index (χ0n) is 14.4. The highest BCUT2D eigenvalue weighted by Crippen LogP contribution is 2.30. The molecule has 22 heavy (non-hydrogen) atoms. The lowest BCUT2D eigenvalue weighted by Crippen LogP contribution is -2.64. The molecule has 4 heteroatoms. The Morgan fingerprint density at radius 3 is 2.55 bits per heavy atom. The van der Waals surface area contributed by atoms with Gasteiger partial charge < -0.3 is 15.2 Å². The van der Waals surface area contributed by atoms with E-state index in [0.717, 1.165) is 45.1 Å². The Morgan fingerprint density at radius 1 is 1.14 bits per heavy atom. The van der Waals surface area contributed by atoms with Crippen LogP contribution in [-0.2, 0) is 14.3 Å². The summed E-state index contributed by atoms with van der Waals surface area (Å²) in [6, 6.07) is -0.0560. The van der Waals surface area contributed by atoms with Crippen LogP contribution in [0.1, 0.15) is 71.6 Å². The Bertz CT molecular complexity index is 341. The van der Waals surface area contributed by atoms with E-state index >= 15 is 0 Å². The van der Waals surface area contributed by atoms with Gasteiger partial charge in [0.05, 0.1) is 18.3 Å². The number of ketones is 1. The van der Waals surface area contributed by atoms with Crippen molar-refractivity contribution >= 4 is 5.78 Å². The van der Waals surface area contributed by atoms with Gasteiger partial charge in [-0.05, 0) is 38.0 Å². The van der Waals surface area contributed by atoms with Crippen molar-refractivity contribution in [3.05, 3.63) is 0 Å². The van der Waals surface area contributed by atoms with E-state index in [-0.39, 0.29) is 24.2 Å². The van der Waals surface area contributed by atoms with Crippen molar-refractivity contribution in [2.75, 3.05) is 6.61 Å². The fourth-order valence-corrected chi connectivity index (χ4v) is 3.77. The van der Waals surface area contributed by atoms with Crippen LogP contribution in [0.4, 0.5) is 0 Å². The number of quaternary nitrogens is 1. The Hall–Kier alpha value is -0.450. The van der Waals surface area contributed by atoms with Gasteiger partial charge in [0, 0.05) is 19.4 Å². The van der Waals surface area contributed by atoms with Crippen molar-refractivity contribution in [2.24, 2.45) is 5.92 Å². The molecule has 2 rings (SSSR count). The van der Waals surface area contributed by atoms with Crippen molar-refractivity contribution in [1.29, 1.82) is 0 Å². The summed E-state index contributed by atoms with van der Waals surface area (Å²) in [5, 5.41) is 0. The van der Waals surface area contributed by atoms with Crippen LogP contribution in [-0.4, -0.2) is 36.7 Å². The van der Waals surface area contributed by atoms with Gasteiger partial charge in [-0.1, -0.05) is 26.7 Å². The highest BCUT2D eigenvalue weighted by molar-refractivity contribution is 5.82. The van der Waals surface area contributed by atoms with Gasteiger partial charge in [-0.3, -0.25) is 4.79 Å². The summed E-state index contributed by atoms with van der Waals surface area (Å²) in [7, 11) is 0. The summed E-state index contributed by atoms with van der Waals surface area (Å²) in [6.07, 6.45) is 9.91. The minimum atomic E-state index is -0.0560. The fraction of sp³-hybridized carbons (Fsp3) is 0.944. The first-order valence-electron chi connectivity index (χ1n) is 9.24. The maximum absolute atomic E-state index is 12.3. The van der Waals surface area contributed by atoms with Gasteiger partial charge in [-0.2, -0.15) is 0 Å². The lowest BCUT2D eigenvalue weighted by molar-refractivity contribution is -0.404. The molecule has 2 aliphatic carbocycles. The van der Waals surface area contributed by atoms with Gasteiger partial charge in [0.2, 0.25) is 0 Å². The predicted molar refractivity (Wildman–Crippen MR) is 86.5 cm³/mol. The third-order valence-corrected chi connectivity index (χ3v) is 5.13. The molecule has 4 nitrogen and oxygen atoms in total. The first kappa shape index (κ1) is 17.9. The van der Waals surface area contributed by atoms with Crippen molar-refractivity contribution in [1.82, 2.24) is 0 Å². The molecule has 0 aliphatic heterocycles. The maximum Gasteiger partial charge on any atom is 0.190 e. The van der Waals surface area contributed by atoms with E-state index in [1.54, 1.807) is 0 Å². The topological polar surface area (TPSA) is 63.2 Å². The highest BCUT2D eigenvalue weighted by Gasteiger charge is 2.35. The molecule has 2 aliphatic rings. The van der Waals surface area contributed by atoms with Crippen LogP contribution in [0.3, 0.4) is 0 Å². The van der Waals surface area contributed by atoms with E-state index in [1.165, 1.54) is 12.8 Å². The van der Waals surface area contributed by atoms with E-state index < -0.39 is 0 Å². The molecule has 0 unspecified atom stereocenters. The fourth-order valence-electron chi connectivity index (χ4n) is 3.77. The highest BCUT2D eigenvalue weighted by atomic mass is 16.5. The molecular formula is C18H34NO3+. The van der Waals surface area contributed by atoms with Crippen molar-refractivity contribution in [3.8, 4) is 0 Å². The first-order chi connectivity index (χ1) is 10.6. The summed E-state index contributed by atoms with van der Waals surface area (Å²) in [5.74, 6) is 0.515. The number of hydrogen-bond acceptors (Lipinski definition) is 3. The SMILES string of the molecule is CCCO[C@H]1CCC[C@H]([NH3+])C(=O)C[C@@H](C)[C@@H]1OC1CCCC1. The molecule has 0 aromatic rings. The maximum atomic E-state index is 12.3. The van der Waals surface area contributed by atoms with Crippen LogP contribution in [0, 0.1) is 5.92 Å². The quantitative estimate of drug-likeness (QED) is 0.848. The molecule has 2 fully saturated rings. The van der Waals surface area contributed by atoms with Crippen LogP contribution in [0.2, 0.25) is 0 Å².